The summed E-state index contributed by atoms with van der Waals surface area (Å²) in [7, 11) is 1.37. The second-order valence-electron chi connectivity index (χ2n) is 3.60. The van der Waals surface area contributed by atoms with Crippen LogP contribution in [0.5, 0.6) is 0 Å². The Hall–Kier alpha value is -0.940. The number of alkyl halides is 3. The van der Waals surface area contributed by atoms with E-state index in [9.17, 15) is 13.2 Å². The van der Waals surface area contributed by atoms with Gasteiger partial charge < -0.3 is 5.73 Å². The van der Waals surface area contributed by atoms with Crippen LogP contribution in [0.3, 0.4) is 0 Å². The van der Waals surface area contributed by atoms with Crippen LogP contribution in [-0.2, 0) is 6.54 Å². The highest BCUT2D eigenvalue weighted by Crippen LogP contribution is 2.24. The van der Waals surface area contributed by atoms with Crippen molar-refractivity contribution >= 4 is 17.3 Å². The summed E-state index contributed by atoms with van der Waals surface area (Å²) >= 11 is 5.86. The molecule has 6 heteroatoms. The summed E-state index contributed by atoms with van der Waals surface area (Å²) in [6, 6.07) is 4.88. The molecular formula is C10H12ClF3N2. The largest absolute Gasteiger partial charge is 0.401 e. The minimum absolute atomic E-state index is 0.0744. The normalized spacial score (nSPS) is 12.1. The third-order valence-electron chi connectivity index (χ3n) is 2.03. The summed E-state index contributed by atoms with van der Waals surface area (Å²) < 4.78 is 36.3. The molecule has 0 bridgehead atoms. The molecule has 0 aliphatic carbocycles. The lowest BCUT2D eigenvalue weighted by molar-refractivity contribution is -0.144. The van der Waals surface area contributed by atoms with Gasteiger partial charge in [0.25, 0.3) is 0 Å². The molecule has 16 heavy (non-hydrogen) atoms. The number of hydrogen-bond acceptors (Lipinski definition) is 2. The molecule has 0 saturated carbocycles. The predicted octanol–water partition coefficient (Wildman–Crippen LogP) is 2.92. The number of nitrogen functional groups attached to an aromatic ring is 1. The van der Waals surface area contributed by atoms with Gasteiger partial charge in [-0.2, -0.15) is 13.2 Å². The molecule has 1 rings (SSSR count). The van der Waals surface area contributed by atoms with E-state index in [4.69, 9.17) is 17.3 Å². The van der Waals surface area contributed by atoms with Crippen LogP contribution in [0.2, 0.25) is 5.02 Å². The summed E-state index contributed by atoms with van der Waals surface area (Å²) in [4.78, 5) is 1.12. The summed E-state index contributed by atoms with van der Waals surface area (Å²) in [5, 5.41) is 0.383. The van der Waals surface area contributed by atoms with Crippen molar-refractivity contribution in [3.8, 4) is 0 Å². The van der Waals surface area contributed by atoms with E-state index in [1.807, 2.05) is 0 Å². The van der Waals surface area contributed by atoms with Crippen LogP contribution in [0, 0.1) is 0 Å². The number of nitrogens with two attached hydrogens (primary N) is 1. The molecule has 2 N–H and O–H groups in total. The Bertz CT molecular complexity index is 345. The summed E-state index contributed by atoms with van der Waals surface area (Å²) in [5.41, 5.74) is 6.57. The van der Waals surface area contributed by atoms with Gasteiger partial charge in [-0.3, -0.25) is 4.90 Å². The maximum absolute atomic E-state index is 12.1. The van der Waals surface area contributed by atoms with Crippen LogP contribution in [0.15, 0.2) is 18.2 Å². The Morgan fingerprint density at radius 1 is 1.38 bits per heavy atom. The van der Waals surface area contributed by atoms with Crippen LogP contribution in [-0.4, -0.2) is 24.7 Å². The Labute approximate surface area is 96.8 Å². The van der Waals surface area contributed by atoms with E-state index in [1.165, 1.54) is 7.05 Å². The highest BCUT2D eigenvalue weighted by atomic mass is 35.5. The van der Waals surface area contributed by atoms with Gasteiger partial charge in [-0.1, -0.05) is 17.7 Å². The standard InChI is InChI=1S/C10H12ClF3N2/c1-16(6-10(12,13)14)5-7-8(11)3-2-4-9(7)15/h2-4H,5-6,15H2,1H3. The fraction of sp³-hybridized carbons (Fsp3) is 0.400. The molecule has 1 aromatic carbocycles. The number of anilines is 1. The average molecular weight is 253 g/mol. The Kier molecular flexibility index (Phi) is 4.04. The summed E-state index contributed by atoms with van der Waals surface area (Å²) in [6.45, 7) is -0.914. The Morgan fingerprint density at radius 2 is 2.00 bits per heavy atom. The van der Waals surface area contributed by atoms with Gasteiger partial charge in [0.1, 0.15) is 0 Å². The minimum atomic E-state index is -4.22. The third-order valence-corrected chi connectivity index (χ3v) is 2.39. The van der Waals surface area contributed by atoms with Crippen molar-refractivity contribution in [2.24, 2.45) is 0 Å². The molecule has 0 spiro atoms. The zero-order valence-electron chi connectivity index (χ0n) is 8.68. The van der Waals surface area contributed by atoms with E-state index in [0.29, 0.717) is 16.3 Å². The van der Waals surface area contributed by atoms with Crippen LogP contribution in [0.25, 0.3) is 0 Å². The number of hydrogen-bond donors (Lipinski definition) is 1. The first-order chi connectivity index (χ1) is 7.29. The fourth-order valence-corrected chi connectivity index (χ4v) is 1.62. The molecule has 0 aromatic heterocycles. The summed E-state index contributed by atoms with van der Waals surface area (Å²) in [6.07, 6.45) is -4.22. The maximum atomic E-state index is 12.1. The van der Waals surface area contributed by atoms with Gasteiger partial charge in [0, 0.05) is 22.8 Å². The number of benzene rings is 1. The fourth-order valence-electron chi connectivity index (χ4n) is 1.37. The molecular weight excluding hydrogens is 241 g/mol. The number of nitrogens with zero attached hydrogens (tertiary/aromatic N) is 1. The summed E-state index contributed by atoms with van der Waals surface area (Å²) in [5.74, 6) is 0. The Balaban J connectivity index is 2.73. The second kappa shape index (κ2) is 4.93. The van der Waals surface area contributed by atoms with Crippen molar-refractivity contribution in [1.29, 1.82) is 0 Å². The minimum Gasteiger partial charge on any atom is -0.398 e. The first-order valence-electron chi connectivity index (χ1n) is 4.58. The van der Waals surface area contributed by atoms with Crippen LogP contribution in [0.4, 0.5) is 18.9 Å². The molecule has 0 amide bonds. The molecule has 90 valence electrons. The quantitative estimate of drug-likeness (QED) is 0.838. The van der Waals surface area contributed by atoms with Crippen molar-refractivity contribution in [3.05, 3.63) is 28.8 Å². The molecule has 1 aromatic rings. The van der Waals surface area contributed by atoms with Gasteiger partial charge in [-0.25, -0.2) is 0 Å². The molecule has 0 fully saturated rings. The first-order valence-corrected chi connectivity index (χ1v) is 4.95. The lowest BCUT2D eigenvalue weighted by Gasteiger charge is -2.20. The van der Waals surface area contributed by atoms with E-state index in [0.717, 1.165) is 4.90 Å². The molecule has 2 nitrogen and oxygen atoms in total. The average Bonchev–Trinajstić information content (AvgIpc) is 2.08. The molecule has 0 heterocycles. The number of rotatable bonds is 3. The van der Waals surface area contributed by atoms with Gasteiger partial charge in [-0.15, -0.1) is 0 Å². The van der Waals surface area contributed by atoms with E-state index in [2.05, 4.69) is 0 Å². The number of halogens is 4. The van der Waals surface area contributed by atoms with Crippen LogP contribution < -0.4 is 5.73 Å². The smallest absolute Gasteiger partial charge is 0.398 e. The van der Waals surface area contributed by atoms with Gasteiger partial charge >= 0.3 is 6.18 Å². The van der Waals surface area contributed by atoms with Crippen molar-refractivity contribution < 1.29 is 13.2 Å². The van der Waals surface area contributed by atoms with Crippen molar-refractivity contribution in [2.75, 3.05) is 19.3 Å². The highest BCUT2D eigenvalue weighted by molar-refractivity contribution is 6.31. The topological polar surface area (TPSA) is 29.3 Å². The SMILES string of the molecule is CN(Cc1c(N)cccc1Cl)CC(F)(F)F. The molecule has 0 aliphatic rings. The van der Waals surface area contributed by atoms with E-state index in [-0.39, 0.29) is 6.54 Å². The highest BCUT2D eigenvalue weighted by Gasteiger charge is 2.29. The predicted molar refractivity (Wildman–Crippen MR) is 58.3 cm³/mol. The van der Waals surface area contributed by atoms with Gasteiger partial charge in [0.05, 0.1) is 6.54 Å². The molecule has 0 unspecified atom stereocenters. The molecule has 0 aliphatic heterocycles. The van der Waals surface area contributed by atoms with Crippen LogP contribution in [0.1, 0.15) is 5.56 Å². The van der Waals surface area contributed by atoms with Gasteiger partial charge in [0.15, 0.2) is 0 Å². The molecule has 0 saturated heterocycles. The maximum Gasteiger partial charge on any atom is 0.401 e. The first kappa shape index (κ1) is 13.1. The zero-order chi connectivity index (χ0) is 12.3. The lowest BCUT2D eigenvalue weighted by atomic mass is 10.1. The van der Waals surface area contributed by atoms with Crippen molar-refractivity contribution in [1.82, 2.24) is 4.90 Å². The van der Waals surface area contributed by atoms with Gasteiger partial charge in [0.2, 0.25) is 0 Å². The molecule has 0 atom stereocenters. The Morgan fingerprint density at radius 3 is 2.50 bits per heavy atom. The third kappa shape index (κ3) is 3.90. The monoisotopic (exact) mass is 252 g/mol. The van der Waals surface area contributed by atoms with E-state index >= 15 is 0 Å². The lowest BCUT2D eigenvalue weighted by Crippen LogP contribution is -2.30. The molecule has 0 radical (unpaired) electrons. The van der Waals surface area contributed by atoms with Gasteiger partial charge in [-0.05, 0) is 19.2 Å². The zero-order valence-corrected chi connectivity index (χ0v) is 9.44. The second-order valence-corrected chi connectivity index (χ2v) is 4.00. The van der Waals surface area contributed by atoms with E-state index in [1.54, 1.807) is 18.2 Å². The van der Waals surface area contributed by atoms with Crippen LogP contribution >= 0.6 is 11.6 Å². The van der Waals surface area contributed by atoms with E-state index < -0.39 is 12.7 Å². The van der Waals surface area contributed by atoms with Crippen molar-refractivity contribution in [2.45, 2.75) is 12.7 Å². The van der Waals surface area contributed by atoms with Crippen molar-refractivity contribution in [3.63, 3.8) is 0 Å².